The van der Waals surface area contributed by atoms with Gasteiger partial charge in [0.15, 0.2) is 0 Å². The van der Waals surface area contributed by atoms with Crippen LogP contribution in [-0.4, -0.2) is 124 Å². The van der Waals surface area contributed by atoms with Gasteiger partial charge in [-0.3, -0.25) is 29.1 Å². The number of epoxide rings is 1. The summed E-state index contributed by atoms with van der Waals surface area (Å²) in [5.41, 5.74) is -0.179. The van der Waals surface area contributed by atoms with Gasteiger partial charge in [-0.1, -0.05) is 0 Å². The van der Waals surface area contributed by atoms with Gasteiger partial charge in [-0.15, -0.1) is 0 Å². The summed E-state index contributed by atoms with van der Waals surface area (Å²) in [6.07, 6.45) is 3.44. The molecule has 3 heterocycles. The van der Waals surface area contributed by atoms with Gasteiger partial charge < -0.3 is 20.1 Å². The third-order valence-electron chi connectivity index (χ3n) is 4.89. The number of hydrogen-bond donors (Lipinski definition) is 3. The van der Waals surface area contributed by atoms with Crippen molar-refractivity contribution in [1.29, 1.82) is 0 Å². The SMILES string of the molecule is O=C(O)CN1CCN(CC(=O)O)CC23N=C(C=CC2O3)C[15N](CC(=O)O)CC1. The van der Waals surface area contributed by atoms with Gasteiger partial charge in [-0.2, -0.15) is 0 Å². The molecule has 3 N–H and O–H groups in total. The molecule has 0 aromatic heterocycles. The van der Waals surface area contributed by atoms with Crippen LogP contribution in [0.1, 0.15) is 0 Å². The average Bonchev–Trinajstić information content (AvgIpc) is 3.27. The van der Waals surface area contributed by atoms with Gasteiger partial charge in [-0.05, 0) is 12.2 Å². The Hall–Kier alpha value is -2.34. The van der Waals surface area contributed by atoms with Gasteiger partial charge in [0.05, 0.1) is 31.9 Å². The highest BCUT2D eigenvalue weighted by Gasteiger charge is 2.57. The van der Waals surface area contributed by atoms with E-state index >= 15 is 0 Å². The van der Waals surface area contributed by atoms with Crippen molar-refractivity contribution in [2.45, 2.75) is 11.8 Å². The molecule has 28 heavy (non-hydrogen) atoms. The quantitative estimate of drug-likeness (QED) is 0.349. The average molecular weight is 397 g/mol. The van der Waals surface area contributed by atoms with E-state index in [0.717, 1.165) is 0 Å². The van der Waals surface area contributed by atoms with Crippen molar-refractivity contribution < 1.29 is 34.4 Å². The topological polar surface area (TPSA) is 147 Å². The zero-order valence-electron chi connectivity index (χ0n) is 15.4. The molecule has 1 saturated heterocycles. The molecule has 3 aliphatic heterocycles. The van der Waals surface area contributed by atoms with Crippen LogP contribution < -0.4 is 0 Å². The van der Waals surface area contributed by atoms with E-state index in [1.165, 1.54) is 0 Å². The Morgan fingerprint density at radius 3 is 2.14 bits per heavy atom. The van der Waals surface area contributed by atoms with Gasteiger partial charge in [0, 0.05) is 32.7 Å². The maximum Gasteiger partial charge on any atom is 0.317 e. The molecule has 3 aliphatic rings. The molecular formula is C17H24N4O7. The molecule has 3 rings (SSSR count). The summed E-state index contributed by atoms with van der Waals surface area (Å²) in [5.74, 6) is -2.94. The fourth-order valence-electron chi connectivity index (χ4n) is 3.58. The molecule has 0 amide bonds. The number of aliphatic carboxylic acids is 3. The van der Waals surface area contributed by atoms with Crippen LogP contribution in [-0.2, 0) is 19.1 Å². The minimum Gasteiger partial charge on any atom is -0.480 e. The minimum absolute atomic E-state index is 0.184. The lowest BCUT2D eigenvalue weighted by Crippen LogP contribution is -2.48. The lowest BCUT2D eigenvalue weighted by atomic mass is 10.1. The Labute approximate surface area is 161 Å². The van der Waals surface area contributed by atoms with E-state index in [2.05, 4.69) is 4.99 Å². The first kappa shape index (κ1) is 20.4. The minimum atomic E-state index is -0.991. The van der Waals surface area contributed by atoms with E-state index in [-0.39, 0.29) is 32.3 Å². The van der Waals surface area contributed by atoms with Crippen molar-refractivity contribution in [3.05, 3.63) is 12.2 Å². The predicted molar refractivity (Wildman–Crippen MR) is 96.4 cm³/mol. The lowest BCUT2D eigenvalue weighted by Gasteiger charge is -2.31. The highest BCUT2D eigenvalue weighted by molar-refractivity contribution is 5.98. The molecule has 0 aliphatic carbocycles. The Morgan fingerprint density at radius 1 is 0.964 bits per heavy atom. The molecular weight excluding hydrogens is 373 g/mol. The number of aliphatic imine (C=N–C) groups is 1. The highest BCUT2D eigenvalue weighted by atomic mass is 16.6. The number of nitrogens with zero attached hydrogens (tertiary/aromatic N) is 4. The van der Waals surface area contributed by atoms with Crippen LogP contribution in [0.2, 0.25) is 0 Å². The van der Waals surface area contributed by atoms with E-state index in [4.69, 9.17) is 9.84 Å². The highest BCUT2D eigenvalue weighted by Crippen LogP contribution is 2.42. The van der Waals surface area contributed by atoms with Crippen molar-refractivity contribution in [2.75, 3.05) is 58.9 Å². The van der Waals surface area contributed by atoms with Crippen LogP contribution in [0.5, 0.6) is 0 Å². The molecule has 0 aromatic carbocycles. The van der Waals surface area contributed by atoms with Crippen molar-refractivity contribution in [3.8, 4) is 0 Å². The largest absolute Gasteiger partial charge is 0.480 e. The van der Waals surface area contributed by atoms with E-state index < -0.39 is 23.6 Å². The van der Waals surface area contributed by atoms with Crippen molar-refractivity contribution in [2.24, 2.45) is 4.99 Å². The van der Waals surface area contributed by atoms with Gasteiger partial charge in [0.25, 0.3) is 0 Å². The first-order valence-electron chi connectivity index (χ1n) is 9.03. The van der Waals surface area contributed by atoms with Crippen LogP contribution >= 0.6 is 0 Å². The van der Waals surface area contributed by atoms with Gasteiger partial charge in [-0.25, -0.2) is 4.99 Å². The standard InChI is InChI=1S/C17H24N4O7/c22-14(23)8-19-3-5-20(9-15(24)25)7-12-1-2-13-17(18-12,28-13)11-21(6-4-19)10-16(26)27/h1-2,13H,3-11H2,(H,22,23)(H,24,25)(H,26,27)/i20+1. The Balaban J connectivity index is 1.82. The molecule has 1 fully saturated rings. The number of rotatable bonds is 6. The molecule has 0 radical (unpaired) electrons. The van der Waals surface area contributed by atoms with E-state index in [9.17, 15) is 24.6 Å². The first-order valence-corrected chi connectivity index (χ1v) is 9.03. The summed E-state index contributed by atoms with van der Waals surface area (Å²) in [7, 11) is 0. The van der Waals surface area contributed by atoms with Gasteiger partial charge in [0.2, 0.25) is 5.72 Å². The van der Waals surface area contributed by atoms with Crippen LogP contribution in [0.3, 0.4) is 0 Å². The summed E-state index contributed by atoms with van der Waals surface area (Å²) < 4.78 is 5.71. The summed E-state index contributed by atoms with van der Waals surface area (Å²) in [6, 6.07) is 0. The third-order valence-corrected chi connectivity index (χ3v) is 4.89. The number of hydrogen-bond acceptors (Lipinski definition) is 8. The first-order chi connectivity index (χ1) is 13.3. The van der Waals surface area contributed by atoms with Crippen LogP contribution in [0.15, 0.2) is 17.1 Å². The van der Waals surface area contributed by atoms with Crippen LogP contribution in [0.25, 0.3) is 0 Å². The number of carboxylic acids is 3. The Kier molecular flexibility index (Phi) is 6.08. The number of carbonyl (C=O) groups is 3. The molecule has 0 saturated carbocycles. The smallest absolute Gasteiger partial charge is 0.317 e. The van der Waals surface area contributed by atoms with Crippen molar-refractivity contribution >= 4 is 23.6 Å². The summed E-state index contributed by atoms with van der Waals surface area (Å²) in [5, 5.41) is 27.5. The predicted octanol–water partition coefficient (Wildman–Crippen LogP) is -1.73. The van der Waals surface area contributed by atoms with E-state index in [0.29, 0.717) is 38.4 Å². The Bertz CT molecular complexity index is 710. The summed E-state index contributed by atoms with van der Waals surface area (Å²) in [4.78, 5) is 43.3. The maximum absolute atomic E-state index is 11.2. The number of ether oxygens (including phenoxy) is 1. The number of dihydropyridines is 1. The van der Waals surface area contributed by atoms with Gasteiger partial charge in [0.1, 0.15) is 6.10 Å². The summed E-state index contributed by atoms with van der Waals surface area (Å²) >= 11 is 0. The molecule has 2 atom stereocenters. The molecule has 2 unspecified atom stereocenters. The van der Waals surface area contributed by atoms with Crippen molar-refractivity contribution in [1.82, 2.24) is 14.7 Å². The van der Waals surface area contributed by atoms with Crippen LogP contribution in [0.4, 0.5) is 0 Å². The summed E-state index contributed by atoms with van der Waals surface area (Å²) in [6.45, 7) is 1.36. The zero-order chi connectivity index (χ0) is 20.3. The zero-order valence-corrected chi connectivity index (χ0v) is 15.4. The molecule has 11 heteroatoms. The second kappa shape index (κ2) is 8.35. The monoisotopic (exact) mass is 397 g/mol. The van der Waals surface area contributed by atoms with Crippen LogP contribution in [0, 0.1) is 0 Å². The third kappa shape index (κ3) is 5.35. The second-order valence-electron chi connectivity index (χ2n) is 7.22. The van der Waals surface area contributed by atoms with Gasteiger partial charge >= 0.3 is 17.9 Å². The molecule has 154 valence electrons. The van der Waals surface area contributed by atoms with Crippen molar-refractivity contribution in [3.63, 3.8) is 0 Å². The van der Waals surface area contributed by atoms with E-state index in [1.807, 2.05) is 6.08 Å². The molecule has 1 spiro atoms. The second-order valence-corrected chi connectivity index (χ2v) is 7.22. The lowest BCUT2D eigenvalue weighted by molar-refractivity contribution is -0.140. The fourth-order valence-corrected chi connectivity index (χ4v) is 3.58. The van der Waals surface area contributed by atoms with E-state index in [1.54, 1.807) is 20.8 Å². The Morgan fingerprint density at radius 2 is 1.50 bits per heavy atom. The molecule has 11 nitrogen and oxygen atoms in total. The molecule has 0 aromatic rings. The fraction of sp³-hybridized carbons (Fsp3) is 0.647. The number of carboxylic acid groups (broad SMARTS) is 3. The molecule has 2 bridgehead atoms. The maximum atomic E-state index is 11.2. The normalized spacial score (nSPS) is 29.1.